The molecule has 10 nitrogen and oxygen atoms in total. The molecule has 26 heavy (non-hydrogen) atoms. The number of carboxylic acids is 2. The molecule has 0 heterocycles. The van der Waals surface area contributed by atoms with Crippen molar-refractivity contribution in [3.63, 3.8) is 0 Å². The molecular formula is C16H12N2O8. The molecule has 0 aromatic heterocycles. The van der Waals surface area contributed by atoms with E-state index in [-0.39, 0.29) is 11.1 Å². The van der Waals surface area contributed by atoms with Crippen molar-refractivity contribution in [2.24, 2.45) is 0 Å². The Balaban J connectivity index is 3.08. The molecule has 0 bridgehead atoms. The molecule has 0 atom stereocenters. The molecule has 0 aliphatic heterocycles. The van der Waals surface area contributed by atoms with E-state index in [1.807, 2.05) is 0 Å². The third-order valence-corrected chi connectivity index (χ3v) is 3.51. The number of hydrogen-bond donors (Lipinski definition) is 6. The number of amides is 2. The summed E-state index contributed by atoms with van der Waals surface area (Å²) in [5.74, 6) is -6.17. The Bertz CT molecular complexity index is 908. The Kier molecular flexibility index (Phi) is 5.30. The normalized spacial score (nSPS) is 10.1. The molecule has 0 aliphatic carbocycles. The van der Waals surface area contributed by atoms with Gasteiger partial charge in [0.25, 0.3) is 11.8 Å². The molecule has 6 N–H and O–H groups in total. The third-order valence-electron chi connectivity index (χ3n) is 3.51. The first-order valence-electron chi connectivity index (χ1n) is 6.95. The highest BCUT2D eigenvalue weighted by Crippen LogP contribution is 2.32. The minimum Gasteiger partial charge on any atom is -0.478 e. The van der Waals surface area contributed by atoms with Crippen molar-refractivity contribution in [1.82, 2.24) is 11.0 Å². The monoisotopic (exact) mass is 360 g/mol. The smallest absolute Gasteiger partial charge is 0.337 e. The van der Waals surface area contributed by atoms with Gasteiger partial charge in [-0.3, -0.25) is 20.0 Å². The standard InChI is InChI=1S/C16H12N2O8/c19-13(17-25)10-8(7-4-2-1-3-5-7)6-9(15(21)22)11(16(23)24)12(10)14(20)18-26/h1-6,25-26H,(H,17,19)(H,18,20)(H,21,22)(H,23,24). The average Bonchev–Trinajstić information content (AvgIpc) is 2.65. The molecule has 2 aromatic rings. The van der Waals surface area contributed by atoms with E-state index in [1.54, 1.807) is 18.2 Å². The molecule has 2 aromatic carbocycles. The SMILES string of the molecule is O=C(O)c1cc(-c2ccccc2)c(C(=O)NO)c(C(=O)NO)c1C(=O)O. The summed E-state index contributed by atoms with van der Waals surface area (Å²) < 4.78 is 0. The van der Waals surface area contributed by atoms with Gasteiger partial charge in [0.15, 0.2) is 0 Å². The summed E-state index contributed by atoms with van der Waals surface area (Å²) >= 11 is 0. The summed E-state index contributed by atoms with van der Waals surface area (Å²) in [6.45, 7) is 0. The first-order chi connectivity index (χ1) is 12.3. The topological polar surface area (TPSA) is 173 Å². The zero-order valence-electron chi connectivity index (χ0n) is 12.9. The number of aromatic carboxylic acids is 2. The lowest BCUT2D eigenvalue weighted by molar-refractivity contribution is 0.0630. The second-order valence-corrected chi connectivity index (χ2v) is 4.95. The molecule has 0 aliphatic rings. The molecule has 10 heteroatoms. The first kappa shape index (κ1) is 18.6. The van der Waals surface area contributed by atoms with Crippen molar-refractivity contribution >= 4 is 23.8 Å². The van der Waals surface area contributed by atoms with Gasteiger partial charge in [0.2, 0.25) is 0 Å². The quantitative estimate of drug-likeness (QED) is 0.338. The van der Waals surface area contributed by atoms with Crippen LogP contribution in [0.1, 0.15) is 41.4 Å². The Labute approximate surface area is 145 Å². The van der Waals surface area contributed by atoms with Crippen molar-refractivity contribution in [3.8, 4) is 11.1 Å². The number of hydrogen-bond acceptors (Lipinski definition) is 6. The first-order valence-corrected chi connectivity index (χ1v) is 6.95. The number of benzene rings is 2. The van der Waals surface area contributed by atoms with Gasteiger partial charge in [-0.2, -0.15) is 0 Å². The predicted molar refractivity (Wildman–Crippen MR) is 84.3 cm³/mol. The van der Waals surface area contributed by atoms with E-state index < -0.39 is 46.0 Å². The summed E-state index contributed by atoms with van der Waals surface area (Å²) in [4.78, 5) is 47.3. The van der Waals surface area contributed by atoms with Crippen LogP contribution in [0.25, 0.3) is 11.1 Å². The molecule has 0 saturated heterocycles. The van der Waals surface area contributed by atoms with E-state index >= 15 is 0 Å². The van der Waals surface area contributed by atoms with Gasteiger partial charge in [0.1, 0.15) is 0 Å². The van der Waals surface area contributed by atoms with Crippen molar-refractivity contribution in [2.45, 2.75) is 0 Å². The van der Waals surface area contributed by atoms with E-state index in [4.69, 9.17) is 10.4 Å². The number of hydroxylamine groups is 2. The van der Waals surface area contributed by atoms with E-state index in [2.05, 4.69) is 0 Å². The van der Waals surface area contributed by atoms with Gasteiger partial charge in [-0.05, 0) is 17.2 Å². The maximum absolute atomic E-state index is 12.1. The van der Waals surface area contributed by atoms with Gasteiger partial charge < -0.3 is 10.2 Å². The average molecular weight is 360 g/mol. The molecule has 2 rings (SSSR count). The minimum atomic E-state index is -1.81. The van der Waals surface area contributed by atoms with Crippen molar-refractivity contribution < 1.29 is 39.8 Å². The number of carbonyl (C=O) groups excluding carboxylic acids is 2. The lowest BCUT2D eigenvalue weighted by Crippen LogP contribution is -2.30. The zero-order valence-corrected chi connectivity index (χ0v) is 12.9. The zero-order chi connectivity index (χ0) is 19.4. The maximum Gasteiger partial charge on any atom is 0.337 e. The Hall–Kier alpha value is -3.76. The van der Waals surface area contributed by atoms with Crippen molar-refractivity contribution in [2.75, 3.05) is 0 Å². The summed E-state index contributed by atoms with van der Waals surface area (Å²) in [6, 6.07) is 8.63. The fraction of sp³-hybridized carbons (Fsp3) is 0. The van der Waals surface area contributed by atoms with Gasteiger partial charge >= 0.3 is 11.9 Å². The van der Waals surface area contributed by atoms with Crippen LogP contribution in [0.2, 0.25) is 0 Å². The minimum absolute atomic E-state index is 0.127. The summed E-state index contributed by atoms with van der Waals surface area (Å²) in [6.07, 6.45) is 0. The van der Waals surface area contributed by atoms with Gasteiger partial charge in [-0.15, -0.1) is 0 Å². The third kappa shape index (κ3) is 3.22. The van der Waals surface area contributed by atoms with Crippen LogP contribution in [0.4, 0.5) is 0 Å². The largest absolute Gasteiger partial charge is 0.478 e. The fourth-order valence-corrected chi connectivity index (χ4v) is 2.49. The van der Waals surface area contributed by atoms with Gasteiger partial charge in [-0.25, -0.2) is 20.5 Å². The Morgan fingerprint density at radius 2 is 1.27 bits per heavy atom. The van der Waals surface area contributed by atoms with Crippen molar-refractivity contribution in [1.29, 1.82) is 0 Å². The molecule has 134 valence electrons. The highest BCUT2D eigenvalue weighted by Gasteiger charge is 2.32. The Morgan fingerprint density at radius 1 is 0.731 bits per heavy atom. The van der Waals surface area contributed by atoms with Crippen LogP contribution in [-0.2, 0) is 0 Å². The van der Waals surface area contributed by atoms with Crippen LogP contribution in [0.15, 0.2) is 36.4 Å². The lowest BCUT2D eigenvalue weighted by Gasteiger charge is -2.17. The lowest BCUT2D eigenvalue weighted by atomic mass is 9.87. The molecule has 0 fully saturated rings. The number of carboxylic acid groups (broad SMARTS) is 2. The highest BCUT2D eigenvalue weighted by molar-refractivity contribution is 6.19. The highest BCUT2D eigenvalue weighted by atomic mass is 16.5. The van der Waals surface area contributed by atoms with E-state index in [9.17, 15) is 29.4 Å². The molecule has 0 spiro atoms. The van der Waals surface area contributed by atoms with Crippen LogP contribution in [0, 0.1) is 0 Å². The van der Waals surface area contributed by atoms with Crippen LogP contribution < -0.4 is 11.0 Å². The second kappa shape index (κ2) is 7.42. The van der Waals surface area contributed by atoms with Crippen LogP contribution in [0.3, 0.4) is 0 Å². The van der Waals surface area contributed by atoms with E-state index in [0.29, 0.717) is 0 Å². The Morgan fingerprint density at radius 3 is 1.73 bits per heavy atom. The van der Waals surface area contributed by atoms with Gasteiger partial charge in [-0.1, -0.05) is 30.3 Å². The van der Waals surface area contributed by atoms with E-state index in [1.165, 1.54) is 23.1 Å². The summed E-state index contributed by atoms with van der Waals surface area (Å²) in [5.41, 5.74) is -0.698. The van der Waals surface area contributed by atoms with Gasteiger partial charge in [0, 0.05) is 0 Å². The van der Waals surface area contributed by atoms with Crippen LogP contribution >= 0.6 is 0 Å². The summed E-state index contributed by atoms with van der Waals surface area (Å²) in [5, 5.41) is 36.6. The number of rotatable bonds is 5. The van der Waals surface area contributed by atoms with Gasteiger partial charge in [0.05, 0.1) is 22.3 Å². The van der Waals surface area contributed by atoms with Crippen molar-refractivity contribution in [3.05, 3.63) is 58.7 Å². The molecular weight excluding hydrogens is 348 g/mol. The number of nitrogens with one attached hydrogen (secondary N) is 2. The molecule has 0 radical (unpaired) electrons. The number of carbonyl (C=O) groups is 4. The predicted octanol–water partition coefficient (Wildman–Crippen LogP) is 0.988. The van der Waals surface area contributed by atoms with E-state index in [0.717, 1.165) is 6.07 Å². The second-order valence-electron chi connectivity index (χ2n) is 4.95. The fourth-order valence-electron chi connectivity index (χ4n) is 2.49. The molecule has 0 saturated carbocycles. The summed E-state index contributed by atoms with van der Waals surface area (Å²) in [7, 11) is 0. The molecule has 2 amide bonds. The maximum atomic E-state index is 12.1. The van der Waals surface area contributed by atoms with Crippen LogP contribution in [0.5, 0.6) is 0 Å². The molecule has 0 unspecified atom stereocenters. The van der Waals surface area contributed by atoms with Crippen LogP contribution in [-0.4, -0.2) is 44.4 Å².